The zero-order chi connectivity index (χ0) is 11.5. The number of rotatable bonds is 2. The van der Waals surface area contributed by atoms with Crippen molar-refractivity contribution in [2.24, 2.45) is 0 Å². The molecular weight excluding hydrogens is 289 g/mol. The lowest BCUT2D eigenvalue weighted by Gasteiger charge is -2.12. The fourth-order valence-electron chi connectivity index (χ4n) is 1.44. The van der Waals surface area contributed by atoms with Gasteiger partial charge < -0.3 is 5.11 Å². The zero-order valence-electron chi connectivity index (χ0n) is 8.27. The van der Waals surface area contributed by atoms with E-state index in [1.54, 1.807) is 12.1 Å². The molecule has 0 aliphatic rings. The number of hydrogen-bond acceptors (Lipinski definition) is 2. The number of aliphatic hydroxyl groups is 1. The van der Waals surface area contributed by atoms with Gasteiger partial charge in [-0.3, -0.25) is 0 Å². The fraction of sp³-hybridized carbons (Fsp3) is 0.0833. The summed E-state index contributed by atoms with van der Waals surface area (Å²) in [5.74, 6) is 0. The van der Waals surface area contributed by atoms with E-state index in [0.29, 0.717) is 15.3 Å². The van der Waals surface area contributed by atoms with E-state index in [-0.39, 0.29) is 0 Å². The zero-order valence-corrected chi connectivity index (χ0v) is 10.6. The van der Waals surface area contributed by atoms with Gasteiger partial charge in [-0.05, 0) is 27.6 Å². The van der Waals surface area contributed by atoms with Gasteiger partial charge in [0.2, 0.25) is 0 Å². The molecule has 2 aromatic rings. The molecule has 16 heavy (non-hydrogen) atoms. The topological polar surface area (TPSA) is 33.1 Å². The van der Waals surface area contributed by atoms with Crippen LogP contribution in [0.15, 0.2) is 47.1 Å². The van der Waals surface area contributed by atoms with Crippen LogP contribution in [0.3, 0.4) is 0 Å². The second-order valence-electron chi connectivity index (χ2n) is 3.33. The molecule has 0 spiro atoms. The molecule has 1 aromatic heterocycles. The summed E-state index contributed by atoms with van der Waals surface area (Å²) in [6.45, 7) is 0. The molecular formula is C12H9BrClNO. The molecule has 0 fully saturated rings. The maximum Gasteiger partial charge on any atom is 0.136 e. The average Bonchev–Trinajstić information content (AvgIpc) is 2.29. The van der Waals surface area contributed by atoms with Crippen molar-refractivity contribution in [2.75, 3.05) is 0 Å². The van der Waals surface area contributed by atoms with E-state index in [1.165, 1.54) is 0 Å². The summed E-state index contributed by atoms with van der Waals surface area (Å²) >= 11 is 9.20. The van der Waals surface area contributed by atoms with Crippen molar-refractivity contribution in [1.29, 1.82) is 0 Å². The third-order valence-electron chi connectivity index (χ3n) is 2.25. The van der Waals surface area contributed by atoms with Crippen LogP contribution in [-0.2, 0) is 0 Å². The monoisotopic (exact) mass is 297 g/mol. The highest BCUT2D eigenvalue weighted by Crippen LogP contribution is 2.27. The third kappa shape index (κ3) is 2.43. The smallest absolute Gasteiger partial charge is 0.136 e. The summed E-state index contributed by atoms with van der Waals surface area (Å²) in [6, 6.07) is 12.9. The minimum absolute atomic E-state index is 0.311. The largest absolute Gasteiger partial charge is 0.384 e. The Kier molecular flexibility index (Phi) is 3.59. The standard InChI is InChI=1S/C12H9BrClNO/c13-10-7-6-9(12(14)15-10)11(16)8-4-2-1-3-5-8/h1-7,11,16H. The van der Waals surface area contributed by atoms with Gasteiger partial charge in [0.1, 0.15) is 15.9 Å². The Morgan fingerprint density at radius 3 is 2.44 bits per heavy atom. The second-order valence-corrected chi connectivity index (χ2v) is 4.50. The van der Waals surface area contributed by atoms with Crippen LogP contribution in [0.1, 0.15) is 17.2 Å². The number of hydrogen-bond donors (Lipinski definition) is 1. The summed E-state index contributed by atoms with van der Waals surface area (Å²) in [4.78, 5) is 4.04. The molecule has 1 N–H and O–H groups in total. The number of pyridine rings is 1. The molecule has 0 amide bonds. The van der Waals surface area contributed by atoms with Gasteiger partial charge in [0.05, 0.1) is 0 Å². The lowest BCUT2D eigenvalue weighted by atomic mass is 10.0. The van der Waals surface area contributed by atoms with Crippen LogP contribution in [0.25, 0.3) is 0 Å². The van der Waals surface area contributed by atoms with E-state index in [9.17, 15) is 5.11 Å². The molecule has 2 rings (SSSR count). The molecule has 0 saturated heterocycles. The molecule has 0 radical (unpaired) electrons. The minimum Gasteiger partial charge on any atom is -0.384 e. The predicted molar refractivity (Wildman–Crippen MR) is 67.5 cm³/mol. The van der Waals surface area contributed by atoms with Crippen molar-refractivity contribution in [3.8, 4) is 0 Å². The highest BCUT2D eigenvalue weighted by atomic mass is 79.9. The molecule has 2 nitrogen and oxygen atoms in total. The van der Waals surface area contributed by atoms with Crippen molar-refractivity contribution in [3.63, 3.8) is 0 Å². The van der Waals surface area contributed by atoms with Gasteiger partial charge in [0.15, 0.2) is 0 Å². The molecule has 1 atom stereocenters. The summed E-state index contributed by atoms with van der Waals surface area (Å²) in [6.07, 6.45) is -0.741. The number of aliphatic hydroxyl groups excluding tert-OH is 1. The van der Waals surface area contributed by atoms with Crippen LogP contribution in [-0.4, -0.2) is 10.1 Å². The maximum absolute atomic E-state index is 10.1. The lowest BCUT2D eigenvalue weighted by molar-refractivity contribution is 0.220. The van der Waals surface area contributed by atoms with E-state index in [4.69, 9.17) is 11.6 Å². The molecule has 0 aliphatic heterocycles. The van der Waals surface area contributed by atoms with Gasteiger partial charge in [-0.15, -0.1) is 0 Å². The van der Waals surface area contributed by atoms with Crippen LogP contribution >= 0.6 is 27.5 Å². The van der Waals surface area contributed by atoms with Crippen molar-refractivity contribution in [3.05, 3.63) is 63.3 Å². The maximum atomic E-state index is 10.1. The highest BCUT2D eigenvalue weighted by Gasteiger charge is 2.14. The predicted octanol–water partition coefficient (Wildman–Crippen LogP) is 3.58. The van der Waals surface area contributed by atoms with Gasteiger partial charge in [-0.25, -0.2) is 4.98 Å². The van der Waals surface area contributed by atoms with Crippen LogP contribution < -0.4 is 0 Å². The van der Waals surface area contributed by atoms with Crippen LogP contribution in [0.4, 0.5) is 0 Å². The second kappa shape index (κ2) is 4.95. The van der Waals surface area contributed by atoms with Gasteiger partial charge in [-0.1, -0.05) is 48.0 Å². The number of aromatic nitrogens is 1. The van der Waals surface area contributed by atoms with Crippen molar-refractivity contribution < 1.29 is 5.11 Å². The molecule has 0 saturated carbocycles. The van der Waals surface area contributed by atoms with Crippen molar-refractivity contribution >= 4 is 27.5 Å². The Morgan fingerprint density at radius 1 is 1.12 bits per heavy atom. The van der Waals surface area contributed by atoms with Gasteiger partial charge in [-0.2, -0.15) is 0 Å². The van der Waals surface area contributed by atoms with Crippen LogP contribution in [0.2, 0.25) is 5.15 Å². The van der Waals surface area contributed by atoms with Gasteiger partial charge in [0.25, 0.3) is 0 Å². The van der Waals surface area contributed by atoms with E-state index in [1.807, 2.05) is 30.3 Å². The molecule has 4 heteroatoms. The molecule has 0 bridgehead atoms. The van der Waals surface area contributed by atoms with Crippen molar-refractivity contribution in [1.82, 2.24) is 4.98 Å². The van der Waals surface area contributed by atoms with Crippen LogP contribution in [0, 0.1) is 0 Å². The van der Waals surface area contributed by atoms with Gasteiger partial charge >= 0.3 is 0 Å². The molecule has 0 aliphatic carbocycles. The van der Waals surface area contributed by atoms with E-state index in [2.05, 4.69) is 20.9 Å². The Balaban J connectivity index is 2.38. The third-order valence-corrected chi connectivity index (χ3v) is 3.00. The normalized spacial score (nSPS) is 12.4. The van der Waals surface area contributed by atoms with E-state index in [0.717, 1.165) is 5.56 Å². The average molecular weight is 299 g/mol. The number of halogens is 2. The first-order valence-electron chi connectivity index (χ1n) is 4.73. The molecule has 1 unspecified atom stereocenters. The molecule has 82 valence electrons. The lowest BCUT2D eigenvalue weighted by Crippen LogP contribution is -2.01. The molecule has 1 heterocycles. The first kappa shape index (κ1) is 11.6. The first-order valence-corrected chi connectivity index (χ1v) is 5.90. The minimum atomic E-state index is -0.741. The summed E-state index contributed by atoms with van der Waals surface area (Å²) in [5, 5.41) is 10.4. The van der Waals surface area contributed by atoms with E-state index >= 15 is 0 Å². The Hall–Kier alpha value is -0.900. The van der Waals surface area contributed by atoms with E-state index < -0.39 is 6.10 Å². The SMILES string of the molecule is OC(c1ccccc1)c1ccc(Br)nc1Cl. The molecule has 1 aromatic carbocycles. The fourth-order valence-corrected chi connectivity index (χ4v) is 2.11. The van der Waals surface area contributed by atoms with Gasteiger partial charge in [0, 0.05) is 5.56 Å². The number of nitrogens with zero attached hydrogens (tertiary/aromatic N) is 1. The highest BCUT2D eigenvalue weighted by molar-refractivity contribution is 9.10. The summed E-state index contributed by atoms with van der Waals surface area (Å²) in [7, 11) is 0. The van der Waals surface area contributed by atoms with Crippen LogP contribution in [0.5, 0.6) is 0 Å². The Bertz CT molecular complexity index is 490. The number of benzene rings is 1. The quantitative estimate of drug-likeness (QED) is 0.860. The Labute approximate surface area is 107 Å². The summed E-state index contributed by atoms with van der Waals surface area (Å²) in [5.41, 5.74) is 1.41. The van der Waals surface area contributed by atoms with Crippen molar-refractivity contribution in [2.45, 2.75) is 6.10 Å². The Morgan fingerprint density at radius 2 is 1.81 bits per heavy atom. The summed E-state index contributed by atoms with van der Waals surface area (Å²) < 4.78 is 0.654. The first-order chi connectivity index (χ1) is 7.68.